The number of amides is 1. The zero-order valence-corrected chi connectivity index (χ0v) is 18.4. The van der Waals surface area contributed by atoms with E-state index in [1.165, 1.54) is 18.2 Å². The predicted molar refractivity (Wildman–Crippen MR) is 113 cm³/mol. The van der Waals surface area contributed by atoms with E-state index in [1.54, 1.807) is 6.07 Å². The van der Waals surface area contributed by atoms with Crippen molar-refractivity contribution in [1.29, 1.82) is 0 Å². The van der Waals surface area contributed by atoms with Gasteiger partial charge in [0.2, 0.25) is 15.9 Å². The van der Waals surface area contributed by atoms with Crippen molar-refractivity contribution in [3.8, 4) is 5.75 Å². The Morgan fingerprint density at radius 1 is 1.27 bits per heavy atom. The SMILES string of the molecule is Cc1ccc2c(c1)C(NC(=O)CN(Cc1ccccc1F)S(C)(=O)=O)CC(C)(C)O2. The van der Waals surface area contributed by atoms with Crippen LogP contribution in [0, 0.1) is 12.7 Å². The van der Waals surface area contributed by atoms with Crippen LogP contribution in [0.15, 0.2) is 42.5 Å². The van der Waals surface area contributed by atoms with Crippen molar-refractivity contribution in [2.24, 2.45) is 0 Å². The van der Waals surface area contributed by atoms with E-state index in [2.05, 4.69) is 5.32 Å². The smallest absolute Gasteiger partial charge is 0.235 e. The Bertz CT molecular complexity index is 1050. The van der Waals surface area contributed by atoms with Gasteiger partial charge in [-0.3, -0.25) is 4.79 Å². The first-order chi connectivity index (χ1) is 13.9. The minimum atomic E-state index is -3.72. The molecule has 0 spiro atoms. The fourth-order valence-corrected chi connectivity index (χ4v) is 4.34. The highest BCUT2D eigenvalue weighted by molar-refractivity contribution is 7.88. The van der Waals surface area contributed by atoms with Gasteiger partial charge in [0.25, 0.3) is 0 Å². The highest BCUT2D eigenvalue weighted by Gasteiger charge is 2.35. The van der Waals surface area contributed by atoms with Crippen molar-refractivity contribution in [3.05, 3.63) is 65.0 Å². The van der Waals surface area contributed by atoms with Gasteiger partial charge in [0.1, 0.15) is 17.2 Å². The maximum absolute atomic E-state index is 14.0. The topological polar surface area (TPSA) is 75.7 Å². The summed E-state index contributed by atoms with van der Waals surface area (Å²) in [5.74, 6) is -0.262. The van der Waals surface area contributed by atoms with E-state index in [0.29, 0.717) is 12.2 Å². The third-order valence-electron chi connectivity index (χ3n) is 5.05. The molecule has 1 atom stereocenters. The van der Waals surface area contributed by atoms with E-state index >= 15 is 0 Å². The number of carbonyl (C=O) groups excluding carboxylic acids is 1. The minimum Gasteiger partial charge on any atom is -0.487 e. The molecule has 0 radical (unpaired) electrons. The Hall–Kier alpha value is -2.45. The molecule has 0 aliphatic carbocycles. The number of halogens is 1. The Balaban J connectivity index is 1.79. The summed E-state index contributed by atoms with van der Waals surface area (Å²) in [6.45, 7) is 5.23. The van der Waals surface area contributed by atoms with E-state index in [1.807, 2.05) is 39.0 Å². The fourth-order valence-electron chi connectivity index (χ4n) is 3.61. The van der Waals surface area contributed by atoms with Gasteiger partial charge in [-0.25, -0.2) is 12.8 Å². The van der Waals surface area contributed by atoms with Crippen molar-refractivity contribution in [2.75, 3.05) is 12.8 Å². The molecular weight excluding hydrogens is 407 g/mol. The zero-order chi connectivity index (χ0) is 22.1. The van der Waals surface area contributed by atoms with Gasteiger partial charge in [-0.05, 0) is 32.9 Å². The number of hydrogen-bond acceptors (Lipinski definition) is 4. The molecule has 8 heteroatoms. The van der Waals surface area contributed by atoms with E-state index in [-0.39, 0.29) is 18.2 Å². The van der Waals surface area contributed by atoms with Crippen LogP contribution >= 0.6 is 0 Å². The summed E-state index contributed by atoms with van der Waals surface area (Å²) < 4.78 is 45.4. The van der Waals surface area contributed by atoms with Gasteiger partial charge in [0.15, 0.2) is 0 Å². The van der Waals surface area contributed by atoms with Crippen LogP contribution in [0.1, 0.15) is 43.0 Å². The highest BCUT2D eigenvalue weighted by Crippen LogP contribution is 2.39. The van der Waals surface area contributed by atoms with E-state index < -0.39 is 33.9 Å². The predicted octanol–water partition coefficient (Wildman–Crippen LogP) is 3.31. The van der Waals surface area contributed by atoms with Gasteiger partial charge in [-0.15, -0.1) is 0 Å². The van der Waals surface area contributed by atoms with Crippen LogP contribution in [0.25, 0.3) is 0 Å². The van der Waals surface area contributed by atoms with Gasteiger partial charge >= 0.3 is 0 Å². The van der Waals surface area contributed by atoms with Crippen LogP contribution in [0.2, 0.25) is 0 Å². The molecule has 0 saturated carbocycles. The van der Waals surface area contributed by atoms with Crippen molar-refractivity contribution in [3.63, 3.8) is 0 Å². The second-order valence-corrected chi connectivity index (χ2v) is 10.3. The number of sulfonamides is 1. The quantitative estimate of drug-likeness (QED) is 0.757. The maximum Gasteiger partial charge on any atom is 0.235 e. The molecule has 30 heavy (non-hydrogen) atoms. The number of carbonyl (C=O) groups is 1. The standard InChI is InChI=1S/C22H27FN2O4S/c1-15-9-10-20-17(11-15)19(12-22(2,3)29-20)24-21(26)14-25(30(4,27)28)13-16-7-5-6-8-18(16)23/h5-11,19H,12-14H2,1-4H3,(H,24,26). The molecule has 1 unspecified atom stereocenters. The molecule has 0 bridgehead atoms. The number of nitrogens with zero attached hydrogens (tertiary/aromatic N) is 1. The molecule has 1 aliphatic rings. The van der Waals surface area contributed by atoms with Gasteiger partial charge in [-0.1, -0.05) is 35.9 Å². The Labute approximate surface area is 177 Å². The second-order valence-electron chi connectivity index (χ2n) is 8.35. The van der Waals surface area contributed by atoms with E-state index in [0.717, 1.165) is 21.7 Å². The van der Waals surface area contributed by atoms with E-state index in [4.69, 9.17) is 4.74 Å². The average Bonchev–Trinajstić information content (AvgIpc) is 2.62. The Morgan fingerprint density at radius 2 is 1.97 bits per heavy atom. The van der Waals surface area contributed by atoms with Gasteiger partial charge in [0, 0.05) is 24.1 Å². The van der Waals surface area contributed by atoms with Crippen LogP contribution in [-0.2, 0) is 21.4 Å². The van der Waals surface area contributed by atoms with Crippen molar-refractivity contribution >= 4 is 15.9 Å². The summed E-state index contributed by atoms with van der Waals surface area (Å²) in [4.78, 5) is 12.8. The van der Waals surface area contributed by atoms with Crippen LogP contribution in [0.3, 0.4) is 0 Å². The number of aryl methyl sites for hydroxylation is 1. The molecule has 3 rings (SSSR count). The van der Waals surface area contributed by atoms with Gasteiger partial charge in [-0.2, -0.15) is 4.31 Å². The third kappa shape index (κ3) is 5.37. The summed E-state index contributed by atoms with van der Waals surface area (Å²) in [6, 6.07) is 11.4. The molecular formula is C22H27FN2O4S. The lowest BCUT2D eigenvalue weighted by Gasteiger charge is -2.38. The summed E-state index contributed by atoms with van der Waals surface area (Å²) in [5, 5.41) is 2.94. The summed E-state index contributed by atoms with van der Waals surface area (Å²) >= 11 is 0. The Morgan fingerprint density at radius 3 is 2.63 bits per heavy atom. The molecule has 2 aromatic rings. The highest BCUT2D eigenvalue weighted by atomic mass is 32.2. The lowest BCUT2D eigenvalue weighted by molar-refractivity contribution is -0.122. The number of benzene rings is 2. The van der Waals surface area contributed by atoms with Crippen LogP contribution < -0.4 is 10.1 Å². The summed E-state index contributed by atoms with van der Waals surface area (Å²) in [6.07, 6.45) is 1.55. The monoisotopic (exact) mass is 434 g/mol. The zero-order valence-electron chi connectivity index (χ0n) is 17.6. The van der Waals surface area contributed by atoms with Crippen molar-refractivity contribution in [1.82, 2.24) is 9.62 Å². The van der Waals surface area contributed by atoms with Crippen LogP contribution in [0.4, 0.5) is 4.39 Å². The number of hydrogen-bond donors (Lipinski definition) is 1. The second kappa shape index (κ2) is 8.35. The maximum atomic E-state index is 14.0. The molecule has 1 N–H and O–H groups in total. The summed E-state index contributed by atoms with van der Waals surface area (Å²) in [7, 11) is -3.72. The van der Waals surface area contributed by atoms with Crippen LogP contribution in [0.5, 0.6) is 5.75 Å². The van der Waals surface area contributed by atoms with Crippen molar-refractivity contribution < 1.29 is 22.3 Å². The molecule has 1 heterocycles. The molecule has 162 valence electrons. The molecule has 6 nitrogen and oxygen atoms in total. The van der Waals surface area contributed by atoms with E-state index in [9.17, 15) is 17.6 Å². The lowest BCUT2D eigenvalue weighted by Crippen LogP contribution is -2.45. The molecule has 1 aliphatic heterocycles. The van der Waals surface area contributed by atoms with Crippen LogP contribution in [-0.4, -0.2) is 37.0 Å². The first kappa shape index (κ1) is 22.2. The first-order valence-corrected chi connectivity index (χ1v) is 11.6. The summed E-state index contributed by atoms with van der Waals surface area (Å²) in [5.41, 5.74) is 1.63. The molecule has 0 fully saturated rings. The fraction of sp³-hybridized carbons (Fsp3) is 0.409. The number of ether oxygens (including phenoxy) is 1. The Kier molecular flexibility index (Phi) is 6.19. The number of rotatable bonds is 6. The first-order valence-electron chi connectivity index (χ1n) is 9.72. The molecule has 1 amide bonds. The largest absolute Gasteiger partial charge is 0.487 e. The average molecular weight is 435 g/mol. The molecule has 0 aromatic heterocycles. The number of fused-ring (bicyclic) bond motifs is 1. The molecule has 0 saturated heterocycles. The molecule has 2 aromatic carbocycles. The normalized spacial score (nSPS) is 17.9. The lowest BCUT2D eigenvalue weighted by atomic mass is 9.89. The minimum absolute atomic E-state index is 0.212. The number of nitrogens with one attached hydrogen (secondary N) is 1. The van der Waals surface area contributed by atoms with Crippen molar-refractivity contribution in [2.45, 2.75) is 45.4 Å². The van der Waals surface area contributed by atoms with Gasteiger partial charge in [0.05, 0.1) is 18.8 Å². The van der Waals surface area contributed by atoms with Gasteiger partial charge < -0.3 is 10.1 Å². The third-order valence-corrected chi connectivity index (χ3v) is 6.25.